The van der Waals surface area contributed by atoms with Crippen LogP contribution in [0, 0.1) is 0 Å². The molecule has 0 aliphatic heterocycles. The van der Waals surface area contributed by atoms with Crippen LogP contribution < -0.4 is 0 Å². The van der Waals surface area contributed by atoms with Crippen molar-refractivity contribution in [1.29, 1.82) is 0 Å². The van der Waals surface area contributed by atoms with Crippen LogP contribution in [-0.4, -0.2) is 61.0 Å². The fraction of sp³-hybridized carbons (Fsp3) is 0.500. The third kappa shape index (κ3) is 4.62. The van der Waals surface area contributed by atoms with E-state index in [1.807, 2.05) is 11.8 Å². The fourth-order valence-corrected chi connectivity index (χ4v) is 1.60. The van der Waals surface area contributed by atoms with Gasteiger partial charge in [0.15, 0.2) is 0 Å². The summed E-state index contributed by atoms with van der Waals surface area (Å²) in [5, 5.41) is 0. The van der Waals surface area contributed by atoms with E-state index in [0.29, 0.717) is 18.7 Å². The van der Waals surface area contributed by atoms with E-state index in [-0.39, 0.29) is 5.91 Å². The monoisotopic (exact) mass is 279 g/mol. The Morgan fingerprint density at radius 2 is 2.00 bits per heavy atom. The van der Waals surface area contributed by atoms with Gasteiger partial charge in [0.1, 0.15) is 0 Å². The second kappa shape index (κ2) is 7.59. The van der Waals surface area contributed by atoms with E-state index in [4.69, 9.17) is 0 Å². The number of amides is 1. The lowest BCUT2D eigenvalue weighted by Crippen LogP contribution is -2.36. The number of aromatic nitrogens is 1. The molecule has 20 heavy (non-hydrogen) atoms. The average Bonchev–Trinajstić information content (AvgIpc) is 2.46. The Morgan fingerprint density at radius 1 is 1.30 bits per heavy atom. The van der Waals surface area contributed by atoms with E-state index >= 15 is 0 Å². The molecule has 0 saturated carbocycles. The van der Waals surface area contributed by atoms with Crippen LogP contribution in [0.25, 0.3) is 0 Å². The molecule has 110 valence electrons. The number of hydrogen-bond donors (Lipinski definition) is 0. The lowest BCUT2D eigenvalue weighted by molar-refractivity contribution is -0.130. The maximum Gasteiger partial charge on any atom is 0.339 e. The minimum absolute atomic E-state index is 0.0537. The van der Waals surface area contributed by atoms with Gasteiger partial charge in [-0.15, -0.1) is 0 Å². The van der Waals surface area contributed by atoms with Gasteiger partial charge in [0.05, 0.1) is 24.9 Å². The van der Waals surface area contributed by atoms with Crippen molar-refractivity contribution in [3.8, 4) is 0 Å². The van der Waals surface area contributed by atoms with Crippen molar-refractivity contribution < 1.29 is 14.3 Å². The lowest BCUT2D eigenvalue weighted by atomic mass is 10.2. The number of esters is 1. The molecule has 0 N–H and O–H groups in total. The molecular formula is C14H21N3O3. The highest BCUT2D eigenvalue weighted by Crippen LogP contribution is 2.05. The summed E-state index contributed by atoms with van der Waals surface area (Å²) >= 11 is 0. The van der Waals surface area contributed by atoms with E-state index in [0.717, 1.165) is 12.2 Å². The van der Waals surface area contributed by atoms with Gasteiger partial charge in [0.25, 0.3) is 0 Å². The van der Waals surface area contributed by atoms with Crippen molar-refractivity contribution in [2.24, 2.45) is 0 Å². The summed E-state index contributed by atoms with van der Waals surface area (Å²) < 4.78 is 4.62. The highest BCUT2D eigenvalue weighted by Gasteiger charge is 2.12. The quantitative estimate of drug-likeness (QED) is 0.720. The van der Waals surface area contributed by atoms with Gasteiger partial charge in [-0.3, -0.25) is 14.7 Å². The summed E-state index contributed by atoms with van der Waals surface area (Å²) in [5.74, 6) is -0.350. The topological polar surface area (TPSA) is 62.7 Å². The first-order valence-electron chi connectivity index (χ1n) is 6.43. The number of nitrogens with zero attached hydrogens (tertiary/aromatic N) is 3. The van der Waals surface area contributed by atoms with Crippen LogP contribution in [-0.2, 0) is 16.1 Å². The zero-order valence-electron chi connectivity index (χ0n) is 12.4. The summed E-state index contributed by atoms with van der Waals surface area (Å²) in [6.07, 6.45) is 1.49. The van der Waals surface area contributed by atoms with Gasteiger partial charge < -0.3 is 9.64 Å². The average molecular weight is 279 g/mol. The zero-order valence-corrected chi connectivity index (χ0v) is 12.4. The SMILES string of the molecule is CCN(CC(=O)N(C)C)Cc1ccc(C(=O)OC)cn1. The van der Waals surface area contributed by atoms with Gasteiger partial charge in [-0.25, -0.2) is 4.79 Å². The van der Waals surface area contributed by atoms with Gasteiger partial charge in [0.2, 0.25) is 5.91 Å². The summed E-state index contributed by atoms with van der Waals surface area (Å²) in [6, 6.07) is 3.45. The molecule has 0 spiro atoms. The Kier molecular flexibility index (Phi) is 6.11. The highest BCUT2D eigenvalue weighted by molar-refractivity contribution is 5.88. The van der Waals surface area contributed by atoms with Crippen LogP contribution in [0.2, 0.25) is 0 Å². The minimum Gasteiger partial charge on any atom is -0.465 e. The third-order valence-corrected chi connectivity index (χ3v) is 2.94. The number of rotatable bonds is 6. The number of ether oxygens (including phenoxy) is 1. The van der Waals surface area contributed by atoms with Crippen LogP contribution in [0.4, 0.5) is 0 Å². The fourth-order valence-electron chi connectivity index (χ4n) is 1.60. The number of methoxy groups -OCH3 is 1. The molecule has 0 aliphatic carbocycles. The van der Waals surface area contributed by atoms with Gasteiger partial charge in [-0.05, 0) is 18.7 Å². The van der Waals surface area contributed by atoms with Crippen molar-refractivity contribution in [3.63, 3.8) is 0 Å². The molecule has 0 atom stereocenters. The van der Waals surface area contributed by atoms with E-state index < -0.39 is 5.97 Å². The standard InChI is InChI=1S/C14H21N3O3/c1-5-17(10-13(18)16(2)3)9-12-7-6-11(8-15-12)14(19)20-4/h6-8H,5,9-10H2,1-4H3. The summed E-state index contributed by atoms with van der Waals surface area (Å²) in [5.41, 5.74) is 1.23. The number of hydrogen-bond acceptors (Lipinski definition) is 5. The Hall–Kier alpha value is -1.95. The molecule has 1 heterocycles. The van der Waals surface area contributed by atoms with Gasteiger partial charge in [-0.1, -0.05) is 6.92 Å². The number of carbonyl (C=O) groups excluding carboxylic acids is 2. The molecule has 0 aliphatic rings. The van der Waals surface area contributed by atoms with Gasteiger partial charge in [0, 0.05) is 26.8 Å². The number of carbonyl (C=O) groups is 2. The first kappa shape index (κ1) is 16.1. The van der Waals surface area contributed by atoms with E-state index in [1.165, 1.54) is 13.3 Å². The highest BCUT2D eigenvalue weighted by atomic mass is 16.5. The molecule has 0 radical (unpaired) electrons. The van der Waals surface area contributed by atoms with Crippen LogP contribution in [0.1, 0.15) is 23.0 Å². The molecule has 1 aromatic rings. The van der Waals surface area contributed by atoms with Crippen LogP contribution in [0.3, 0.4) is 0 Å². The molecule has 6 heteroatoms. The molecule has 1 aromatic heterocycles. The van der Waals surface area contributed by atoms with Gasteiger partial charge in [-0.2, -0.15) is 0 Å². The molecule has 0 aromatic carbocycles. The molecule has 0 saturated heterocycles. The normalized spacial score (nSPS) is 10.4. The maximum absolute atomic E-state index is 11.7. The molecule has 0 fully saturated rings. The van der Waals surface area contributed by atoms with Crippen molar-refractivity contribution >= 4 is 11.9 Å². The molecule has 6 nitrogen and oxygen atoms in total. The minimum atomic E-state index is -0.404. The summed E-state index contributed by atoms with van der Waals surface area (Å²) in [4.78, 5) is 30.8. The predicted octanol–water partition coefficient (Wildman–Crippen LogP) is 0.778. The van der Waals surface area contributed by atoms with E-state index in [9.17, 15) is 9.59 Å². The molecule has 1 rings (SSSR count). The zero-order chi connectivity index (χ0) is 15.1. The third-order valence-electron chi connectivity index (χ3n) is 2.94. The van der Waals surface area contributed by atoms with Crippen molar-refractivity contribution in [2.75, 3.05) is 34.3 Å². The van der Waals surface area contributed by atoms with Gasteiger partial charge >= 0.3 is 5.97 Å². The molecule has 0 bridgehead atoms. The molecule has 0 unspecified atom stereocenters. The van der Waals surface area contributed by atoms with E-state index in [1.54, 1.807) is 31.1 Å². The van der Waals surface area contributed by atoms with E-state index in [2.05, 4.69) is 9.72 Å². The Labute approximate surface area is 119 Å². The smallest absolute Gasteiger partial charge is 0.339 e. The lowest BCUT2D eigenvalue weighted by Gasteiger charge is -2.21. The molecular weight excluding hydrogens is 258 g/mol. The first-order chi connectivity index (χ1) is 9.47. The predicted molar refractivity (Wildman–Crippen MR) is 75.2 cm³/mol. The largest absolute Gasteiger partial charge is 0.465 e. The number of pyridine rings is 1. The van der Waals surface area contributed by atoms with Crippen molar-refractivity contribution in [3.05, 3.63) is 29.6 Å². The Morgan fingerprint density at radius 3 is 2.45 bits per heavy atom. The summed E-state index contributed by atoms with van der Waals surface area (Å²) in [7, 11) is 4.81. The van der Waals surface area contributed by atoms with Crippen molar-refractivity contribution in [2.45, 2.75) is 13.5 Å². The second-order valence-corrected chi connectivity index (χ2v) is 4.62. The summed E-state index contributed by atoms with van der Waals surface area (Å²) in [6.45, 7) is 3.66. The van der Waals surface area contributed by atoms with Crippen molar-refractivity contribution in [1.82, 2.24) is 14.8 Å². The van der Waals surface area contributed by atoms with Crippen LogP contribution >= 0.6 is 0 Å². The molecule has 1 amide bonds. The number of likely N-dealkylation sites (N-methyl/N-ethyl adjacent to an activating group) is 2. The van der Waals surface area contributed by atoms with Crippen LogP contribution in [0.5, 0.6) is 0 Å². The maximum atomic E-state index is 11.7. The first-order valence-corrected chi connectivity index (χ1v) is 6.43. The second-order valence-electron chi connectivity index (χ2n) is 4.62. The Bertz CT molecular complexity index is 457. The van der Waals surface area contributed by atoms with Crippen LogP contribution in [0.15, 0.2) is 18.3 Å². The Balaban J connectivity index is 2.66.